The van der Waals surface area contributed by atoms with Gasteiger partial charge in [0.25, 0.3) is 0 Å². The molecule has 4 nitrogen and oxygen atoms in total. The molecule has 6 heteroatoms. The maximum Gasteiger partial charge on any atom is 0.328 e. The molecular formula is C27H26F2N2O2. The number of para-hydroxylation sites is 1. The predicted molar refractivity (Wildman–Crippen MR) is 123 cm³/mol. The Morgan fingerprint density at radius 2 is 1.88 bits per heavy atom. The molecule has 3 atom stereocenters. The maximum absolute atomic E-state index is 15.6. The Labute approximate surface area is 190 Å². The van der Waals surface area contributed by atoms with Crippen LogP contribution in [-0.2, 0) is 11.2 Å². The first-order chi connectivity index (χ1) is 15.9. The van der Waals surface area contributed by atoms with E-state index in [1.807, 2.05) is 18.2 Å². The fourth-order valence-corrected chi connectivity index (χ4v) is 6.61. The van der Waals surface area contributed by atoms with Crippen LogP contribution in [-0.4, -0.2) is 33.0 Å². The van der Waals surface area contributed by atoms with Gasteiger partial charge in [-0.2, -0.15) is 0 Å². The number of benzene rings is 2. The minimum Gasteiger partial charge on any atom is -0.478 e. The van der Waals surface area contributed by atoms with E-state index in [1.54, 1.807) is 0 Å². The Morgan fingerprint density at radius 1 is 1.15 bits per heavy atom. The van der Waals surface area contributed by atoms with Crippen molar-refractivity contribution in [3.05, 3.63) is 76.5 Å². The monoisotopic (exact) mass is 448 g/mol. The number of H-pyrrole nitrogens is 1. The van der Waals surface area contributed by atoms with Crippen LogP contribution in [0.2, 0.25) is 0 Å². The van der Waals surface area contributed by atoms with Crippen LogP contribution in [0.5, 0.6) is 0 Å². The lowest BCUT2D eigenvalue weighted by molar-refractivity contribution is -0.131. The molecule has 170 valence electrons. The van der Waals surface area contributed by atoms with E-state index < -0.39 is 23.6 Å². The Kier molecular flexibility index (Phi) is 4.70. The van der Waals surface area contributed by atoms with E-state index in [2.05, 4.69) is 22.9 Å². The van der Waals surface area contributed by atoms with Crippen LogP contribution < -0.4 is 0 Å². The van der Waals surface area contributed by atoms with Gasteiger partial charge < -0.3 is 10.1 Å². The number of fused-ring (bicyclic) bond motifs is 4. The highest BCUT2D eigenvalue weighted by atomic mass is 19.1. The number of aromatic nitrogens is 1. The van der Waals surface area contributed by atoms with E-state index in [9.17, 15) is 4.79 Å². The van der Waals surface area contributed by atoms with Crippen LogP contribution in [0.4, 0.5) is 8.78 Å². The summed E-state index contributed by atoms with van der Waals surface area (Å²) in [4.78, 5) is 16.7. The highest BCUT2D eigenvalue weighted by Crippen LogP contribution is 2.55. The lowest BCUT2D eigenvalue weighted by atomic mass is 9.81. The Balaban J connectivity index is 1.53. The third-order valence-electron chi connectivity index (χ3n) is 7.99. The molecule has 33 heavy (non-hydrogen) atoms. The summed E-state index contributed by atoms with van der Waals surface area (Å²) in [6.45, 7) is 2.17. The number of carbonyl (C=O) groups is 1. The van der Waals surface area contributed by atoms with Gasteiger partial charge in [-0.1, -0.05) is 18.2 Å². The van der Waals surface area contributed by atoms with Crippen molar-refractivity contribution in [2.75, 3.05) is 0 Å². The summed E-state index contributed by atoms with van der Waals surface area (Å²) in [6, 6.07) is 10.5. The van der Waals surface area contributed by atoms with E-state index in [0.29, 0.717) is 12.0 Å². The van der Waals surface area contributed by atoms with Crippen LogP contribution in [0, 0.1) is 23.5 Å². The van der Waals surface area contributed by atoms with E-state index >= 15 is 8.78 Å². The summed E-state index contributed by atoms with van der Waals surface area (Å²) < 4.78 is 31.2. The van der Waals surface area contributed by atoms with Gasteiger partial charge in [0.05, 0.1) is 6.04 Å². The predicted octanol–water partition coefficient (Wildman–Crippen LogP) is 5.68. The zero-order chi connectivity index (χ0) is 22.9. The third kappa shape index (κ3) is 3.22. The van der Waals surface area contributed by atoms with Gasteiger partial charge in [-0.3, -0.25) is 4.90 Å². The molecule has 0 amide bonds. The molecule has 0 spiro atoms. The topological polar surface area (TPSA) is 56.3 Å². The van der Waals surface area contributed by atoms with Crippen molar-refractivity contribution in [3.8, 4) is 0 Å². The lowest BCUT2D eigenvalue weighted by Gasteiger charge is -2.46. The molecule has 2 heterocycles. The van der Waals surface area contributed by atoms with Gasteiger partial charge in [-0.15, -0.1) is 0 Å². The van der Waals surface area contributed by atoms with Crippen molar-refractivity contribution in [3.63, 3.8) is 0 Å². The molecule has 2 N–H and O–H groups in total. The molecule has 3 aliphatic carbocycles. The summed E-state index contributed by atoms with van der Waals surface area (Å²) in [5.41, 5.74) is 3.25. The van der Waals surface area contributed by atoms with Crippen molar-refractivity contribution in [2.24, 2.45) is 11.8 Å². The fourth-order valence-electron chi connectivity index (χ4n) is 6.61. The number of rotatable bonds is 4. The van der Waals surface area contributed by atoms with E-state index in [-0.39, 0.29) is 17.2 Å². The summed E-state index contributed by atoms with van der Waals surface area (Å²) in [6.07, 6.45) is 6.47. The summed E-state index contributed by atoms with van der Waals surface area (Å²) in [7, 11) is 0. The smallest absolute Gasteiger partial charge is 0.328 e. The minimum atomic E-state index is -1.16. The highest BCUT2D eigenvalue weighted by Gasteiger charge is 2.52. The molecule has 2 bridgehead atoms. The molecule has 0 saturated heterocycles. The first-order valence-corrected chi connectivity index (χ1v) is 11.7. The Morgan fingerprint density at radius 3 is 2.55 bits per heavy atom. The van der Waals surface area contributed by atoms with Gasteiger partial charge in [0.1, 0.15) is 11.6 Å². The van der Waals surface area contributed by atoms with Crippen LogP contribution in [0.3, 0.4) is 0 Å². The van der Waals surface area contributed by atoms with Crippen molar-refractivity contribution in [2.45, 2.75) is 50.7 Å². The fraction of sp³-hybridized carbons (Fsp3) is 0.370. The molecule has 7 rings (SSSR count). The number of halogens is 2. The standard InChI is InChI=1S/C27H26F2N2O2/c1-14-8-19-18-4-2-3-5-22(18)30-26(19)27(31(14)23-13-16-9-17(23)10-16)25-20(28)11-15(12-21(25)29)6-7-24(32)33/h2-7,11-12,14,16-17,23,27,30H,8-10,13H2,1H3,(H,32,33)/b7-6+/t14-,16?,17?,23?,27-/m1/s1. The van der Waals surface area contributed by atoms with Crippen molar-refractivity contribution in [1.29, 1.82) is 0 Å². The summed E-state index contributed by atoms with van der Waals surface area (Å²) >= 11 is 0. The van der Waals surface area contributed by atoms with Crippen LogP contribution >= 0.6 is 0 Å². The molecule has 1 aromatic heterocycles. The van der Waals surface area contributed by atoms with Crippen LogP contribution in [0.1, 0.15) is 54.6 Å². The Bertz CT molecular complexity index is 1270. The number of carboxylic acid groups (broad SMARTS) is 1. The Hall–Kier alpha value is -2.99. The zero-order valence-electron chi connectivity index (χ0n) is 18.4. The number of aromatic amines is 1. The molecule has 3 aromatic rings. The zero-order valence-corrected chi connectivity index (χ0v) is 18.4. The van der Waals surface area contributed by atoms with E-state index in [1.165, 1.54) is 31.1 Å². The van der Waals surface area contributed by atoms with Gasteiger partial charge >= 0.3 is 5.97 Å². The third-order valence-corrected chi connectivity index (χ3v) is 7.99. The first-order valence-electron chi connectivity index (χ1n) is 11.7. The SMILES string of the molecule is C[C@@H]1Cc2c([nH]c3ccccc23)[C@@H](c2c(F)cc(/C=C/C(=O)O)cc2F)N1C1CC2CC1C2. The van der Waals surface area contributed by atoms with Crippen LogP contribution in [0.15, 0.2) is 42.5 Å². The number of aliphatic carboxylic acids is 1. The van der Waals surface area contributed by atoms with E-state index in [4.69, 9.17) is 5.11 Å². The van der Waals surface area contributed by atoms with Gasteiger partial charge in [0.2, 0.25) is 0 Å². The summed E-state index contributed by atoms with van der Waals surface area (Å²) in [5, 5.41) is 9.99. The van der Waals surface area contributed by atoms with Gasteiger partial charge in [0.15, 0.2) is 0 Å². The van der Waals surface area contributed by atoms with Crippen LogP contribution in [0.25, 0.3) is 17.0 Å². The average Bonchev–Trinajstić information content (AvgIpc) is 3.44. The van der Waals surface area contributed by atoms with Gasteiger partial charge in [0, 0.05) is 40.3 Å². The van der Waals surface area contributed by atoms with Crippen molar-refractivity contribution < 1.29 is 18.7 Å². The minimum absolute atomic E-state index is 0.0472. The second-order valence-corrected chi connectivity index (χ2v) is 9.94. The molecular weight excluding hydrogens is 422 g/mol. The normalized spacial score (nSPS) is 28.9. The number of carboxylic acids is 1. The molecule has 4 aliphatic rings. The molecule has 3 fully saturated rings. The number of hydrogen-bond acceptors (Lipinski definition) is 2. The number of nitrogens with one attached hydrogen (secondary N) is 1. The molecule has 3 saturated carbocycles. The second kappa shape index (κ2) is 7.52. The van der Waals surface area contributed by atoms with E-state index in [0.717, 1.165) is 47.0 Å². The maximum atomic E-state index is 15.6. The number of hydrogen-bond donors (Lipinski definition) is 2. The average molecular weight is 449 g/mol. The molecule has 1 unspecified atom stereocenters. The lowest BCUT2D eigenvalue weighted by Crippen LogP contribution is -2.49. The second-order valence-electron chi connectivity index (χ2n) is 9.94. The first kappa shape index (κ1) is 20.6. The molecule has 0 radical (unpaired) electrons. The number of nitrogens with zero attached hydrogens (tertiary/aromatic N) is 1. The van der Waals surface area contributed by atoms with Gasteiger partial charge in [-0.05, 0) is 79.8 Å². The largest absolute Gasteiger partial charge is 0.478 e. The quantitative estimate of drug-likeness (QED) is 0.505. The van der Waals surface area contributed by atoms with Crippen molar-refractivity contribution >= 4 is 22.9 Å². The van der Waals surface area contributed by atoms with Gasteiger partial charge in [-0.25, -0.2) is 13.6 Å². The molecule has 1 aliphatic heterocycles. The highest BCUT2D eigenvalue weighted by molar-refractivity contribution is 5.86. The van der Waals surface area contributed by atoms with Crippen molar-refractivity contribution in [1.82, 2.24) is 9.88 Å². The summed E-state index contributed by atoms with van der Waals surface area (Å²) in [5.74, 6) is -1.11. The molecule has 2 aromatic carbocycles.